The van der Waals surface area contributed by atoms with Gasteiger partial charge < -0.3 is 10.6 Å². The van der Waals surface area contributed by atoms with Gasteiger partial charge in [0, 0.05) is 38.1 Å². The van der Waals surface area contributed by atoms with Crippen LogP contribution in [0.25, 0.3) is 0 Å². The molecule has 0 aliphatic carbocycles. The van der Waals surface area contributed by atoms with Crippen molar-refractivity contribution in [3.8, 4) is 0 Å². The van der Waals surface area contributed by atoms with Crippen molar-refractivity contribution in [2.45, 2.75) is 31.6 Å². The zero-order valence-electron chi connectivity index (χ0n) is 16.4. The van der Waals surface area contributed by atoms with E-state index in [1.807, 2.05) is 6.92 Å². The molecule has 0 radical (unpaired) electrons. The lowest BCUT2D eigenvalue weighted by Crippen LogP contribution is -2.39. The van der Waals surface area contributed by atoms with E-state index in [1.54, 1.807) is 37.9 Å². The van der Waals surface area contributed by atoms with Crippen molar-refractivity contribution in [2.75, 3.05) is 44.7 Å². The van der Waals surface area contributed by atoms with Gasteiger partial charge in [0.25, 0.3) is 0 Å². The van der Waals surface area contributed by atoms with Crippen molar-refractivity contribution >= 4 is 27.7 Å². The van der Waals surface area contributed by atoms with Gasteiger partial charge in [-0.05, 0) is 56.7 Å². The van der Waals surface area contributed by atoms with Gasteiger partial charge in [-0.25, -0.2) is 17.1 Å². The van der Waals surface area contributed by atoms with E-state index in [1.165, 1.54) is 16.4 Å². The maximum Gasteiger partial charge on any atom is 0.213 e. The molecule has 0 atom stereocenters. The zero-order chi connectivity index (χ0) is 20.1. The second kappa shape index (κ2) is 13.0. The second-order valence-corrected chi connectivity index (χ2v) is 9.45. The lowest BCUT2D eigenvalue weighted by atomic mass is 10.4. The Hall–Kier alpha value is -1.32. The molecule has 0 fully saturated rings. The quantitative estimate of drug-likeness (QED) is 0.236. The van der Waals surface area contributed by atoms with Gasteiger partial charge in [0.1, 0.15) is 5.82 Å². The average molecular weight is 419 g/mol. The van der Waals surface area contributed by atoms with Crippen molar-refractivity contribution in [1.82, 2.24) is 14.9 Å². The lowest BCUT2D eigenvalue weighted by molar-refractivity contribution is 0.461. The van der Waals surface area contributed by atoms with Crippen molar-refractivity contribution in [3.05, 3.63) is 30.1 Å². The van der Waals surface area contributed by atoms with Crippen LogP contribution in [0.15, 0.2) is 34.2 Å². The highest BCUT2D eigenvalue weighted by Gasteiger charge is 2.13. The van der Waals surface area contributed by atoms with Crippen molar-refractivity contribution in [3.63, 3.8) is 0 Å². The van der Waals surface area contributed by atoms with Gasteiger partial charge in [0.05, 0.1) is 5.75 Å². The summed E-state index contributed by atoms with van der Waals surface area (Å²) in [6.45, 7) is 6.24. The number of guanidine groups is 1. The van der Waals surface area contributed by atoms with Crippen LogP contribution in [-0.4, -0.2) is 63.4 Å². The molecule has 2 N–H and O–H groups in total. The van der Waals surface area contributed by atoms with Crippen LogP contribution in [0.5, 0.6) is 0 Å². The van der Waals surface area contributed by atoms with E-state index in [0.29, 0.717) is 26.1 Å². The van der Waals surface area contributed by atoms with Crippen LogP contribution >= 0.6 is 11.8 Å². The molecular weight excluding hydrogens is 387 g/mol. The minimum Gasteiger partial charge on any atom is -0.357 e. The number of nitrogens with zero attached hydrogens (tertiary/aromatic N) is 2. The predicted molar refractivity (Wildman–Crippen MR) is 112 cm³/mol. The molecule has 0 heterocycles. The van der Waals surface area contributed by atoms with Gasteiger partial charge in [0.15, 0.2) is 5.96 Å². The summed E-state index contributed by atoms with van der Waals surface area (Å²) < 4.78 is 37.7. The molecule has 0 aliphatic heterocycles. The van der Waals surface area contributed by atoms with E-state index in [0.717, 1.165) is 29.6 Å². The van der Waals surface area contributed by atoms with E-state index in [2.05, 4.69) is 15.6 Å². The van der Waals surface area contributed by atoms with Crippen LogP contribution in [0.4, 0.5) is 4.39 Å². The highest BCUT2D eigenvalue weighted by Crippen LogP contribution is 2.18. The third-order valence-corrected chi connectivity index (χ3v) is 6.74. The van der Waals surface area contributed by atoms with Crippen LogP contribution in [0, 0.1) is 5.82 Å². The highest BCUT2D eigenvalue weighted by atomic mass is 32.2. The minimum atomic E-state index is -3.12. The average Bonchev–Trinajstić information content (AvgIpc) is 2.65. The lowest BCUT2D eigenvalue weighted by Gasteiger charge is -2.16. The number of halogens is 1. The summed E-state index contributed by atoms with van der Waals surface area (Å²) in [5.74, 6) is 1.56. The summed E-state index contributed by atoms with van der Waals surface area (Å²) in [6, 6.07) is 6.50. The number of aliphatic imine (C=N–C) groups is 1. The maximum absolute atomic E-state index is 12.9. The first kappa shape index (κ1) is 23.7. The molecule has 0 saturated heterocycles. The number of rotatable bonds is 12. The molecule has 9 heteroatoms. The first-order valence-electron chi connectivity index (χ1n) is 9.23. The van der Waals surface area contributed by atoms with Crippen LogP contribution < -0.4 is 10.6 Å². The Morgan fingerprint density at radius 3 is 2.52 bits per heavy atom. The smallest absolute Gasteiger partial charge is 0.213 e. The Labute approximate surface area is 167 Å². The fraction of sp³-hybridized carbons (Fsp3) is 0.611. The summed E-state index contributed by atoms with van der Waals surface area (Å²) in [7, 11) is -1.51. The Balaban J connectivity index is 2.27. The molecule has 27 heavy (non-hydrogen) atoms. The van der Waals surface area contributed by atoms with Crippen molar-refractivity contribution in [2.24, 2.45) is 4.99 Å². The third-order valence-electron chi connectivity index (χ3n) is 3.78. The predicted octanol–water partition coefficient (Wildman–Crippen LogP) is 2.53. The fourth-order valence-corrected chi connectivity index (χ4v) is 3.87. The fourth-order valence-electron chi connectivity index (χ4n) is 2.19. The van der Waals surface area contributed by atoms with Gasteiger partial charge in [0.2, 0.25) is 10.0 Å². The summed E-state index contributed by atoms with van der Waals surface area (Å²) in [6.07, 6.45) is 1.62. The Morgan fingerprint density at radius 1 is 1.19 bits per heavy atom. The van der Waals surface area contributed by atoms with E-state index < -0.39 is 10.0 Å². The van der Waals surface area contributed by atoms with Crippen LogP contribution in [0.2, 0.25) is 0 Å². The number of benzene rings is 1. The SMILES string of the molecule is CCNC(=NCCCSc1ccc(F)cc1)NCCCN(C)S(=O)(=O)CC. The van der Waals surface area contributed by atoms with Crippen molar-refractivity contribution < 1.29 is 12.8 Å². The van der Waals surface area contributed by atoms with Crippen LogP contribution in [-0.2, 0) is 10.0 Å². The number of nitrogens with one attached hydrogen (secondary N) is 2. The van der Waals surface area contributed by atoms with Gasteiger partial charge in [-0.3, -0.25) is 4.99 Å². The summed E-state index contributed by atoms with van der Waals surface area (Å²) in [5.41, 5.74) is 0. The molecule has 0 saturated carbocycles. The Kier molecular flexibility index (Phi) is 11.4. The Bertz CT molecular complexity index is 666. The molecule has 1 aromatic carbocycles. The molecule has 0 bridgehead atoms. The first-order valence-corrected chi connectivity index (χ1v) is 11.8. The van der Waals surface area contributed by atoms with E-state index in [9.17, 15) is 12.8 Å². The number of hydrogen-bond donors (Lipinski definition) is 2. The monoisotopic (exact) mass is 418 g/mol. The number of sulfonamides is 1. The molecule has 0 aromatic heterocycles. The summed E-state index contributed by atoms with van der Waals surface area (Å²) >= 11 is 1.68. The molecule has 0 spiro atoms. The van der Waals surface area contributed by atoms with Gasteiger partial charge in [-0.15, -0.1) is 11.8 Å². The topological polar surface area (TPSA) is 73.8 Å². The molecule has 6 nitrogen and oxygen atoms in total. The normalized spacial score (nSPS) is 12.4. The molecule has 0 aliphatic rings. The van der Waals surface area contributed by atoms with Crippen molar-refractivity contribution in [1.29, 1.82) is 0 Å². The standard InChI is InChI=1S/C18H31FN4O2S2/c1-4-20-18(21-12-6-14-23(3)27(24,25)5-2)22-13-7-15-26-17-10-8-16(19)9-11-17/h8-11H,4-7,12-15H2,1-3H3,(H2,20,21,22). The molecule has 1 aromatic rings. The number of thioether (sulfide) groups is 1. The molecule has 0 unspecified atom stereocenters. The largest absolute Gasteiger partial charge is 0.357 e. The summed E-state index contributed by atoms with van der Waals surface area (Å²) in [5, 5.41) is 6.41. The molecule has 154 valence electrons. The zero-order valence-corrected chi connectivity index (χ0v) is 18.0. The third kappa shape index (κ3) is 9.97. The second-order valence-electron chi connectivity index (χ2n) is 5.92. The summed E-state index contributed by atoms with van der Waals surface area (Å²) in [4.78, 5) is 5.58. The van der Waals surface area contributed by atoms with Gasteiger partial charge >= 0.3 is 0 Å². The van der Waals surface area contributed by atoms with Gasteiger partial charge in [-0.1, -0.05) is 0 Å². The van der Waals surface area contributed by atoms with E-state index >= 15 is 0 Å². The molecule has 1 rings (SSSR count). The van der Waals surface area contributed by atoms with E-state index in [-0.39, 0.29) is 11.6 Å². The maximum atomic E-state index is 12.9. The Morgan fingerprint density at radius 2 is 1.89 bits per heavy atom. The molecular formula is C18H31FN4O2S2. The first-order chi connectivity index (χ1) is 12.9. The van der Waals surface area contributed by atoms with Crippen LogP contribution in [0.3, 0.4) is 0 Å². The molecule has 0 amide bonds. The van der Waals surface area contributed by atoms with Crippen LogP contribution in [0.1, 0.15) is 26.7 Å². The van der Waals surface area contributed by atoms with E-state index in [4.69, 9.17) is 0 Å². The minimum absolute atomic E-state index is 0.122. The number of hydrogen-bond acceptors (Lipinski definition) is 4. The highest BCUT2D eigenvalue weighted by molar-refractivity contribution is 7.99. The van der Waals surface area contributed by atoms with Gasteiger partial charge in [-0.2, -0.15) is 0 Å².